The molecule has 0 amide bonds. The summed E-state index contributed by atoms with van der Waals surface area (Å²) in [5, 5.41) is 9.54. The van der Waals surface area contributed by atoms with Crippen LogP contribution in [0.4, 0.5) is 8.78 Å². The Morgan fingerprint density at radius 2 is 2.26 bits per heavy atom. The molecule has 0 spiro atoms. The van der Waals surface area contributed by atoms with E-state index in [9.17, 15) is 13.9 Å². The lowest BCUT2D eigenvalue weighted by Crippen LogP contribution is -2.47. The molecule has 2 rings (SSSR count). The number of hydrogen-bond acceptors (Lipinski definition) is 5. The van der Waals surface area contributed by atoms with Crippen molar-refractivity contribution in [3.8, 4) is 0 Å². The van der Waals surface area contributed by atoms with E-state index >= 15 is 0 Å². The van der Waals surface area contributed by atoms with Gasteiger partial charge < -0.3 is 20.5 Å². The number of halogens is 3. The standard InChI is InChI=1S/C11H15F2N3O2.ClH/c1-3-7-9(17)11(12,13)10(18-7)16-5-4-8(14)15-6(16)2;/h4-5,7,9-10,17H,2-3H2,1H3,(H2,14,15);1H. The van der Waals surface area contributed by atoms with Crippen LogP contribution in [0.2, 0.25) is 0 Å². The molecule has 0 radical (unpaired) electrons. The molecule has 8 heteroatoms. The molecule has 108 valence electrons. The zero-order valence-corrected chi connectivity index (χ0v) is 11.1. The van der Waals surface area contributed by atoms with E-state index in [0.29, 0.717) is 6.42 Å². The van der Waals surface area contributed by atoms with Crippen molar-refractivity contribution in [3.05, 3.63) is 24.7 Å². The molecule has 1 fully saturated rings. The minimum absolute atomic E-state index is 0. The van der Waals surface area contributed by atoms with Gasteiger partial charge in [-0.1, -0.05) is 13.5 Å². The smallest absolute Gasteiger partial charge is 0.320 e. The van der Waals surface area contributed by atoms with Crippen LogP contribution in [0.15, 0.2) is 29.7 Å². The normalized spacial score (nSPS) is 33.1. The molecule has 0 aliphatic carbocycles. The Balaban J connectivity index is 0.00000180. The third-order valence-electron chi connectivity index (χ3n) is 3.00. The van der Waals surface area contributed by atoms with Crippen molar-refractivity contribution < 1.29 is 18.6 Å². The first-order valence-corrected chi connectivity index (χ1v) is 5.59. The maximum atomic E-state index is 13.9. The summed E-state index contributed by atoms with van der Waals surface area (Å²) in [4.78, 5) is 4.87. The second-order valence-electron chi connectivity index (χ2n) is 4.23. The number of aliphatic hydroxyl groups excluding tert-OH is 1. The first kappa shape index (κ1) is 15.9. The van der Waals surface area contributed by atoms with E-state index in [-0.39, 0.29) is 24.1 Å². The van der Waals surface area contributed by atoms with Crippen LogP contribution in [0.5, 0.6) is 0 Å². The van der Waals surface area contributed by atoms with E-state index in [0.717, 1.165) is 4.90 Å². The summed E-state index contributed by atoms with van der Waals surface area (Å²) in [6.45, 7) is 5.21. The van der Waals surface area contributed by atoms with Gasteiger partial charge >= 0.3 is 5.92 Å². The molecular formula is C11H16ClF2N3O2. The van der Waals surface area contributed by atoms with Crippen molar-refractivity contribution in [1.29, 1.82) is 0 Å². The molecule has 2 aliphatic rings. The summed E-state index contributed by atoms with van der Waals surface area (Å²) < 4.78 is 33.0. The molecule has 0 saturated carbocycles. The van der Waals surface area contributed by atoms with Crippen LogP contribution in [0.3, 0.4) is 0 Å². The largest absolute Gasteiger partial charge is 0.384 e. The monoisotopic (exact) mass is 295 g/mol. The third kappa shape index (κ3) is 2.58. The lowest BCUT2D eigenvalue weighted by Gasteiger charge is -2.31. The minimum atomic E-state index is -3.39. The Labute approximate surface area is 115 Å². The second kappa shape index (κ2) is 5.44. The molecule has 3 N–H and O–H groups in total. The van der Waals surface area contributed by atoms with Gasteiger partial charge in [0.2, 0.25) is 6.23 Å². The Morgan fingerprint density at radius 1 is 1.63 bits per heavy atom. The Bertz CT molecular complexity index is 428. The van der Waals surface area contributed by atoms with Gasteiger partial charge in [0.1, 0.15) is 17.8 Å². The number of aliphatic hydroxyl groups is 1. The quantitative estimate of drug-likeness (QED) is 0.803. The minimum Gasteiger partial charge on any atom is -0.384 e. The van der Waals surface area contributed by atoms with E-state index in [2.05, 4.69) is 11.6 Å². The highest BCUT2D eigenvalue weighted by Gasteiger charge is 2.60. The average molecular weight is 296 g/mol. The van der Waals surface area contributed by atoms with Gasteiger partial charge in [0.25, 0.3) is 0 Å². The van der Waals surface area contributed by atoms with Crippen LogP contribution in [-0.4, -0.2) is 40.2 Å². The molecule has 2 aliphatic heterocycles. The number of nitrogens with two attached hydrogens (primary N) is 1. The Morgan fingerprint density at radius 3 is 2.74 bits per heavy atom. The van der Waals surface area contributed by atoms with Gasteiger partial charge in [-0.25, -0.2) is 4.99 Å². The number of aliphatic imine (C=N–C) groups is 1. The highest BCUT2D eigenvalue weighted by molar-refractivity contribution is 5.92. The van der Waals surface area contributed by atoms with E-state index in [1.165, 1.54) is 12.3 Å². The SMILES string of the molecule is C=C1N=C(N)C=CN1C1OC(CC)C(O)C1(F)F.Cl. The first-order chi connectivity index (χ1) is 8.37. The average Bonchev–Trinajstić information content (AvgIpc) is 2.52. The summed E-state index contributed by atoms with van der Waals surface area (Å²) in [6.07, 6.45) is -1.36. The van der Waals surface area contributed by atoms with E-state index in [4.69, 9.17) is 10.5 Å². The van der Waals surface area contributed by atoms with Crippen molar-refractivity contribution in [2.24, 2.45) is 10.7 Å². The molecule has 0 aromatic heterocycles. The van der Waals surface area contributed by atoms with Crippen LogP contribution in [0, 0.1) is 0 Å². The van der Waals surface area contributed by atoms with Crippen LogP contribution in [0.25, 0.3) is 0 Å². The summed E-state index contributed by atoms with van der Waals surface area (Å²) in [5.41, 5.74) is 5.43. The van der Waals surface area contributed by atoms with Gasteiger partial charge in [-0.2, -0.15) is 8.78 Å². The van der Waals surface area contributed by atoms with Crippen molar-refractivity contribution in [3.63, 3.8) is 0 Å². The Hall–Kier alpha value is -1.18. The van der Waals surface area contributed by atoms with Crippen LogP contribution < -0.4 is 5.73 Å². The number of hydrogen-bond donors (Lipinski definition) is 2. The summed E-state index contributed by atoms with van der Waals surface area (Å²) >= 11 is 0. The lowest BCUT2D eigenvalue weighted by atomic mass is 10.1. The van der Waals surface area contributed by atoms with Gasteiger partial charge in [0, 0.05) is 6.20 Å². The van der Waals surface area contributed by atoms with Crippen molar-refractivity contribution in [2.75, 3.05) is 0 Å². The van der Waals surface area contributed by atoms with E-state index in [1.807, 2.05) is 0 Å². The topological polar surface area (TPSA) is 71.1 Å². The van der Waals surface area contributed by atoms with Crippen molar-refractivity contribution in [2.45, 2.75) is 37.7 Å². The molecule has 1 saturated heterocycles. The maximum Gasteiger partial charge on any atom is 0.320 e. The maximum absolute atomic E-state index is 13.9. The molecule has 0 aromatic carbocycles. The molecule has 5 nitrogen and oxygen atoms in total. The fourth-order valence-corrected chi connectivity index (χ4v) is 2.00. The molecule has 2 heterocycles. The predicted octanol–water partition coefficient (Wildman–Crippen LogP) is 1.20. The number of rotatable bonds is 2. The third-order valence-corrected chi connectivity index (χ3v) is 3.00. The summed E-state index contributed by atoms with van der Waals surface area (Å²) in [6, 6.07) is 0. The highest BCUT2D eigenvalue weighted by Crippen LogP contribution is 2.40. The van der Waals surface area contributed by atoms with Gasteiger partial charge in [-0.3, -0.25) is 0 Å². The van der Waals surface area contributed by atoms with E-state index < -0.39 is 24.4 Å². The number of amidine groups is 1. The highest BCUT2D eigenvalue weighted by atomic mass is 35.5. The molecule has 3 unspecified atom stereocenters. The Kier molecular flexibility index (Phi) is 4.54. The first-order valence-electron chi connectivity index (χ1n) is 5.59. The van der Waals surface area contributed by atoms with Crippen LogP contribution in [-0.2, 0) is 4.74 Å². The molecular weight excluding hydrogens is 280 g/mol. The van der Waals surface area contributed by atoms with Crippen LogP contribution >= 0.6 is 12.4 Å². The molecule has 0 bridgehead atoms. The second-order valence-corrected chi connectivity index (χ2v) is 4.23. The van der Waals surface area contributed by atoms with Gasteiger partial charge in [0.15, 0.2) is 0 Å². The predicted molar refractivity (Wildman–Crippen MR) is 68.9 cm³/mol. The number of alkyl halides is 2. The van der Waals surface area contributed by atoms with Gasteiger partial charge in [0.05, 0.1) is 6.10 Å². The fourth-order valence-electron chi connectivity index (χ4n) is 2.00. The molecule has 0 aromatic rings. The van der Waals surface area contributed by atoms with E-state index in [1.54, 1.807) is 6.92 Å². The van der Waals surface area contributed by atoms with Gasteiger partial charge in [-0.15, -0.1) is 12.4 Å². The van der Waals surface area contributed by atoms with Gasteiger partial charge in [-0.05, 0) is 12.5 Å². The van der Waals surface area contributed by atoms with Crippen molar-refractivity contribution >= 4 is 18.2 Å². The molecule has 3 atom stereocenters. The zero-order valence-electron chi connectivity index (χ0n) is 10.3. The van der Waals surface area contributed by atoms with Crippen LogP contribution in [0.1, 0.15) is 13.3 Å². The fraction of sp³-hybridized carbons (Fsp3) is 0.545. The van der Waals surface area contributed by atoms with Crippen molar-refractivity contribution in [1.82, 2.24) is 4.90 Å². The summed E-state index contributed by atoms with van der Waals surface area (Å²) in [5.74, 6) is -3.15. The zero-order chi connectivity index (χ0) is 13.5. The number of nitrogens with zero attached hydrogens (tertiary/aromatic N) is 2. The lowest BCUT2D eigenvalue weighted by molar-refractivity contribution is -0.148. The summed E-state index contributed by atoms with van der Waals surface area (Å²) in [7, 11) is 0. The number of ether oxygens (including phenoxy) is 1. The molecule has 19 heavy (non-hydrogen) atoms.